The van der Waals surface area contributed by atoms with Crippen LogP contribution in [0.15, 0.2) is 22.7 Å². The molecule has 0 atom stereocenters. The largest absolute Gasteiger partial charge is 0.398 e. The summed E-state index contributed by atoms with van der Waals surface area (Å²) in [6, 6.07) is 4.47. The second kappa shape index (κ2) is 4.23. The van der Waals surface area contributed by atoms with Gasteiger partial charge in [-0.25, -0.2) is 0 Å². The van der Waals surface area contributed by atoms with Gasteiger partial charge in [0.2, 0.25) is 0 Å². The van der Waals surface area contributed by atoms with Gasteiger partial charge in [-0.2, -0.15) is 0 Å². The molecule has 0 radical (unpaired) electrons. The monoisotopic (exact) mass is 346 g/mol. The van der Waals surface area contributed by atoms with E-state index >= 15 is 0 Å². The molecule has 0 amide bonds. The fourth-order valence-electron chi connectivity index (χ4n) is 2.54. The Bertz CT molecular complexity index is 846. The van der Waals surface area contributed by atoms with Gasteiger partial charge in [0, 0.05) is 21.5 Å². The van der Waals surface area contributed by atoms with E-state index in [2.05, 4.69) is 15.9 Å². The van der Waals surface area contributed by atoms with Crippen LogP contribution in [0.5, 0.6) is 0 Å². The molecule has 0 saturated heterocycles. The molecule has 21 heavy (non-hydrogen) atoms. The summed E-state index contributed by atoms with van der Waals surface area (Å²) in [5, 5.41) is 0. The van der Waals surface area contributed by atoms with Gasteiger partial charge in [-0.1, -0.05) is 0 Å². The number of hydrogen-bond acceptors (Lipinski definition) is 6. The van der Waals surface area contributed by atoms with Crippen molar-refractivity contribution in [1.82, 2.24) is 0 Å². The number of benzene rings is 2. The molecule has 6 nitrogen and oxygen atoms in total. The predicted molar refractivity (Wildman–Crippen MR) is 85.1 cm³/mol. The Balaban J connectivity index is 2.47. The molecular formula is C14H11BrN4O2. The van der Waals surface area contributed by atoms with Crippen molar-refractivity contribution in [3.05, 3.63) is 44.9 Å². The van der Waals surface area contributed by atoms with E-state index in [-0.39, 0.29) is 45.0 Å². The Hall–Kier alpha value is -2.54. The third kappa shape index (κ3) is 1.64. The number of carbonyl (C=O) groups is 2. The van der Waals surface area contributed by atoms with Crippen molar-refractivity contribution in [2.75, 3.05) is 22.9 Å². The molecule has 0 unspecified atom stereocenters. The smallest absolute Gasteiger partial charge is 0.198 e. The van der Waals surface area contributed by atoms with Gasteiger partial charge in [0.25, 0.3) is 0 Å². The van der Waals surface area contributed by atoms with Crippen molar-refractivity contribution in [3.8, 4) is 0 Å². The van der Waals surface area contributed by atoms with Gasteiger partial charge in [0.1, 0.15) is 0 Å². The lowest BCUT2D eigenvalue weighted by Gasteiger charge is -2.23. The second-order valence-corrected chi connectivity index (χ2v) is 5.62. The minimum Gasteiger partial charge on any atom is -0.398 e. The Morgan fingerprint density at radius 3 is 1.67 bits per heavy atom. The summed E-state index contributed by atoms with van der Waals surface area (Å²) in [5.41, 5.74) is 24.5. The second-order valence-electron chi connectivity index (χ2n) is 4.76. The molecule has 3 rings (SSSR count). The quantitative estimate of drug-likeness (QED) is 0.455. The summed E-state index contributed by atoms with van der Waals surface area (Å²) < 4.78 is 0.450. The molecule has 2 aromatic rings. The van der Waals surface area contributed by atoms with Crippen LogP contribution in [0.25, 0.3) is 0 Å². The zero-order valence-corrected chi connectivity index (χ0v) is 12.3. The van der Waals surface area contributed by atoms with Gasteiger partial charge in [0.15, 0.2) is 11.6 Å². The van der Waals surface area contributed by atoms with Crippen LogP contribution in [0.3, 0.4) is 0 Å². The van der Waals surface area contributed by atoms with Crippen LogP contribution in [-0.4, -0.2) is 11.6 Å². The van der Waals surface area contributed by atoms with Gasteiger partial charge >= 0.3 is 0 Å². The van der Waals surface area contributed by atoms with E-state index < -0.39 is 11.6 Å². The molecule has 0 aromatic heterocycles. The summed E-state index contributed by atoms with van der Waals surface area (Å²) in [6.07, 6.45) is 0. The van der Waals surface area contributed by atoms with Crippen molar-refractivity contribution < 1.29 is 9.59 Å². The normalized spacial score (nSPS) is 13.0. The standard InChI is InChI=1S/C14H11BrN4O2/c15-4-3-7(18)10-11(12(4)19)14(21)9-6(17)2-1-5(16)8(9)13(10)20/h1-3H,16-19H2. The maximum Gasteiger partial charge on any atom is 0.198 e. The third-order valence-electron chi connectivity index (χ3n) is 3.53. The lowest BCUT2D eigenvalue weighted by molar-refractivity contribution is 0.0981. The lowest BCUT2D eigenvalue weighted by Crippen LogP contribution is -2.26. The third-order valence-corrected chi connectivity index (χ3v) is 4.18. The number of ketones is 2. The number of rotatable bonds is 0. The Morgan fingerprint density at radius 2 is 1.14 bits per heavy atom. The van der Waals surface area contributed by atoms with E-state index in [0.717, 1.165) is 0 Å². The molecule has 0 bridgehead atoms. The number of nitrogens with two attached hydrogens (primary N) is 4. The minimum atomic E-state index is -0.449. The summed E-state index contributed by atoms with van der Waals surface area (Å²) in [5.74, 6) is -0.893. The first-order valence-corrected chi connectivity index (χ1v) is 6.78. The molecule has 0 spiro atoms. The van der Waals surface area contributed by atoms with Gasteiger partial charge in [0.05, 0.1) is 27.9 Å². The van der Waals surface area contributed by atoms with Gasteiger partial charge < -0.3 is 22.9 Å². The number of carbonyl (C=O) groups excluding carboxylic acids is 2. The molecule has 0 heterocycles. The number of nitrogen functional groups attached to an aromatic ring is 4. The summed E-state index contributed by atoms with van der Waals surface area (Å²) in [6.45, 7) is 0. The number of fused-ring (bicyclic) bond motifs is 2. The average Bonchev–Trinajstić information content (AvgIpc) is 2.42. The minimum absolute atomic E-state index is 0.0664. The van der Waals surface area contributed by atoms with E-state index in [9.17, 15) is 9.59 Å². The highest BCUT2D eigenvalue weighted by Crippen LogP contribution is 2.41. The number of anilines is 4. The van der Waals surface area contributed by atoms with Crippen molar-refractivity contribution in [2.24, 2.45) is 0 Å². The molecule has 106 valence electrons. The first-order valence-electron chi connectivity index (χ1n) is 5.99. The van der Waals surface area contributed by atoms with Crippen LogP contribution in [-0.2, 0) is 0 Å². The highest BCUT2D eigenvalue weighted by atomic mass is 79.9. The van der Waals surface area contributed by atoms with Gasteiger partial charge in [-0.3, -0.25) is 9.59 Å². The zero-order chi connectivity index (χ0) is 15.5. The molecule has 0 fully saturated rings. The van der Waals surface area contributed by atoms with E-state index in [0.29, 0.717) is 4.47 Å². The molecular weight excluding hydrogens is 336 g/mol. The van der Waals surface area contributed by atoms with Crippen LogP contribution in [0.2, 0.25) is 0 Å². The maximum atomic E-state index is 12.7. The first kappa shape index (κ1) is 13.4. The topological polar surface area (TPSA) is 138 Å². The van der Waals surface area contributed by atoms with Crippen LogP contribution in [0, 0.1) is 0 Å². The van der Waals surface area contributed by atoms with E-state index in [4.69, 9.17) is 22.9 Å². The van der Waals surface area contributed by atoms with E-state index in [1.807, 2.05) is 0 Å². The molecule has 1 aliphatic rings. The maximum absolute atomic E-state index is 12.7. The van der Waals surface area contributed by atoms with E-state index in [1.54, 1.807) is 0 Å². The number of halogens is 1. The summed E-state index contributed by atoms with van der Waals surface area (Å²) in [4.78, 5) is 25.4. The van der Waals surface area contributed by atoms with Crippen LogP contribution < -0.4 is 22.9 Å². The van der Waals surface area contributed by atoms with Crippen molar-refractivity contribution in [3.63, 3.8) is 0 Å². The lowest BCUT2D eigenvalue weighted by atomic mass is 9.81. The molecule has 8 N–H and O–H groups in total. The van der Waals surface area contributed by atoms with Crippen molar-refractivity contribution >= 4 is 50.2 Å². The number of hydrogen-bond donors (Lipinski definition) is 4. The molecule has 0 aliphatic heterocycles. The van der Waals surface area contributed by atoms with Gasteiger partial charge in [-0.05, 0) is 34.1 Å². The highest BCUT2D eigenvalue weighted by molar-refractivity contribution is 9.10. The fourth-order valence-corrected chi connectivity index (χ4v) is 2.98. The first-order chi connectivity index (χ1) is 9.84. The zero-order valence-electron chi connectivity index (χ0n) is 10.7. The molecule has 7 heteroatoms. The van der Waals surface area contributed by atoms with Crippen LogP contribution >= 0.6 is 15.9 Å². The van der Waals surface area contributed by atoms with Crippen molar-refractivity contribution in [1.29, 1.82) is 0 Å². The predicted octanol–water partition coefficient (Wildman–Crippen LogP) is 1.55. The van der Waals surface area contributed by atoms with E-state index in [1.165, 1.54) is 18.2 Å². The average molecular weight is 347 g/mol. The molecule has 2 aromatic carbocycles. The highest BCUT2D eigenvalue weighted by Gasteiger charge is 2.36. The summed E-state index contributed by atoms with van der Waals surface area (Å²) in [7, 11) is 0. The fraction of sp³-hybridized carbons (Fsp3) is 0. The van der Waals surface area contributed by atoms with Gasteiger partial charge in [-0.15, -0.1) is 0 Å². The van der Waals surface area contributed by atoms with Crippen LogP contribution in [0.1, 0.15) is 31.8 Å². The van der Waals surface area contributed by atoms with Crippen molar-refractivity contribution in [2.45, 2.75) is 0 Å². The van der Waals surface area contributed by atoms with Crippen LogP contribution in [0.4, 0.5) is 22.7 Å². The molecule has 0 saturated carbocycles. The Morgan fingerprint density at radius 1 is 0.714 bits per heavy atom. The Kier molecular flexibility index (Phi) is 2.70. The SMILES string of the molecule is Nc1ccc(N)c2c1C(=O)c1c(N)cc(Br)c(N)c1C2=O. The Labute approximate surface area is 128 Å². The summed E-state index contributed by atoms with van der Waals surface area (Å²) >= 11 is 3.22. The molecule has 1 aliphatic carbocycles.